The molecule has 1 fully saturated rings. The molecule has 1 saturated heterocycles. The van der Waals surface area contributed by atoms with Gasteiger partial charge in [0.2, 0.25) is 5.60 Å². The molecule has 2 aromatic carbocycles. The van der Waals surface area contributed by atoms with Crippen molar-refractivity contribution >= 4 is 17.5 Å². The van der Waals surface area contributed by atoms with Gasteiger partial charge >= 0.3 is 6.36 Å². The van der Waals surface area contributed by atoms with E-state index in [9.17, 15) is 27.9 Å². The van der Waals surface area contributed by atoms with Crippen LogP contribution in [0.4, 0.5) is 18.9 Å². The lowest BCUT2D eigenvalue weighted by molar-refractivity contribution is -0.274. The number of alkyl halides is 3. The summed E-state index contributed by atoms with van der Waals surface area (Å²) in [5, 5.41) is 13.0. The molecule has 3 rings (SSSR count). The van der Waals surface area contributed by atoms with E-state index in [0.717, 1.165) is 12.1 Å². The quantitative estimate of drug-likeness (QED) is 0.764. The van der Waals surface area contributed by atoms with Crippen LogP contribution in [0.25, 0.3) is 0 Å². The van der Waals surface area contributed by atoms with Crippen LogP contribution in [-0.2, 0) is 16.1 Å². The topological polar surface area (TPSA) is 78.9 Å². The van der Waals surface area contributed by atoms with Crippen LogP contribution in [0.2, 0.25) is 0 Å². The van der Waals surface area contributed by atoms with Crippen LogP contribution in [0, 0.1) is 0 Å². The Morgan fingerprint density at radius 1 is 1.18 bits per heavy atom. The number of rotatable bonds is 5. The average molecular weight is 394 g/mol. The van der Waals surface area contributed by atoms with Crippen LogP contribution in [0.3, 0.4) is 0 Å². The van der Waals surface area contributed by atoms with Gasteiger partial charge in [-0.1, -0.05) is 30.3 Å². The summed E-state index contributed by atoms with van der Waals surface area (Å²) in [5.41, 5.74) is -1.34. The molecule has 1 heterocycles. The van der Waals surface area contributed by atoms with Crippen LogP contribution in [0.1, 0.15) is 12.0 Å². The van der Waals surface area contributed by atoms with Crippen molar-refractivity contribution in [2.24, 2.45) is 0 Å². The minimum Gasteiger partial charge on any atom is -0.406 e. The third kappa shape index (κ3) is 4.25. The van der Waals surface area contributed by atoms with E-state index >= 15 is 0 Å². The zero-order chi connectivity index (χ0) is 20.4. The Bertz CT molecular complexity index is 873. The predicted molar refractivity (Wildman–Crippen MR) is 93.3 cm³/mol. The Morgan fingerprint density at radius 2 is 1.89 bits per heavy atom. The van der Waals surface area contributed by atoms with Gasteiger partial charge in [-0.05, 0) is 29.8 Å². The summed E-state index contributed by atoms with van der Waals surface area (Å²) in [7, 11) is 0. The van der Waals surface area contributed by atoms with E-state index in [-0.39, 0.29) is 19.5 Å². The van der Waals surface area contributed by atoms with Crippen LogP contribution in [0.15, 0.2) is 54.6 Å². The maximum atomic E-state index is 12.6. The normalized spacial score (nSPS) is 19.6. The molecular weight excluding hydrogens is 377 g/mol. The Hall–Kier alpha value is -3.07. The van der Waals surface area contributed by atoms with Gasteiger partial charge in [-0.15, -0.1) is 13.2 Å². The standard InChI is InChI=1S/C19H17F3N2O4/c20-19(21,22)28-15-8-4-5-13(11-15)12-23-16(25)18(27)9-10-24(17(18)26)14-6-2-1-3-7-14/h1-8,11,27H,9-10,12H2,(H,23,25). The molecular formula is C19H17F3N2O4. The second kappa shape index (κ2) is 7.51. The average Bonchev–Trinajstić information content (AvgIpc) is 2.95. The van der Waals surface area contributed by atoms with E-state index in [1.54, 1.807) is 30.3 Å². The van der Waals surface area contributed by atoms with E-state index in [0.29, 0.717) is 11.3 Å². The fourth-order valence-electron chi connectivity index (χ4n) is 2.95. The van der Waals surface area contributed by atoms with Gasteiger partial charge in [0, 0.05) is 25.2 Å². The summed E-state index contributed by atoms with van der Waals surface area (Å²) >= 11 is 0. The van der Waals surface area contributed by atoms with E-state index in [4.69, 9.17) is 0 Å². The maximum absolute atomic E-state index is 12.6. The number of anilines is 1. The second-order valence-corrected chi connectivity index (χ2v) is 6.28. The largest absolute Gasteiger partial charge is 0.573 e. The predicted octanol–water partition coefficient (Wildman–Crippen LogP) is 2.37. The highest BCUT2D eigenvalue weighted by atomic mass is 19.4. The Kier molecular flexibility index (Phi) is 5.28. The highest BCUT2D eigenvalue weighted by Gasteiger charge is 2.51. The summed E-state index contributed by atoms with van der Waals surface area (Å²) in [4.78, 5) is 26.3. The van der Waals surface area contributed by atoms with E-state index in [1.165, 1.54) is 17.0 Å². The molecule has 0 radical (unpaired) electrons. The van der Waals surface area contributed by atoms with Crippen molar-refractivity contribution in [3.63, 3.8) is 0 Å². The van der Waals surface area contributed by atoms with Gasteiger partial charge in [0.15, 0.2) is 0 Å². The van der Waals surface area contributed by atoms with Crippen molar-refractivity contribution in [1.29, 1.82) is 0 Å². The molecule has 0 bridgehead atoms. The van der Waals surface area contributed by atoms with E-state index in [2.05, 4.69) is 10.1 Å². The van der Waals surface area contributed by atoms with Gasteiger partial charge in [-0.25, -0.2) is 0 Å². The number of nitrogens with one attached hydrogen (secondary N) is 1. The highest BCUT2D eigenvalue weighted by molar-refractivity contribution is 6.16. The van der Waals surface area contributed by atoms with Crippen molar-refractivity contribution in [1.82, 2.24) is 5.32 Å². The van der Waals surface area contributed by atoms with Crippen molar-refractivity contribution in [2.45, 2.75) is 24.9 Å². The Balaban J connectivity index is 1.65. The lowest BCUT2D eigenvalue weighted by Gasteiger charge is -2.22. The zero-order valence-electron chi connectivity index (χ0n) is 14.6. The highest BCUT2D eigenvalue weighted by Crippen LogP contribution is 2.28. The summed E-state index contributed by atoms with van der Waals surface area (Å²) < 4.78 is 40.7. The molecule has 2 aromatic rings. The number of para-hydroxylation sites is 1. The SMILES string of the molecule is O=C(NCc1cccc(OC(F)(F)F)c1)C1(O)CCN(c2ccccc2)C1=O. The van der Waals surface area contributed by atoms with Crippen molar-refractivity contribution in [3.8, 4) is 5.75 Å². The van der Waals surface area contributed by atoms with Gasteiger partial charge in [-0.3, -0.25) is 9.59 Å². The molecule has 9 heteroatoms. The minimum atomic E-state index is -4.83. The molecule has 28 heavy (non-hydrogen) atoms. The fraction of sp³-hybridized carbons (Fsp3) is 0.263. The Morgan fingerprint density at radius 3 is 2.57 bits per heavy atom. The van der Waals surface area contributed by atoms with Crippen molar-refractivity contribution in [2.75, 3.05) is 11.4 Å². The third-order valence-electron chi connectivity index (χ3n) is 4.32. The molecule has 6 nitrogen and oxygen atoms in total. The van der Waals surface area contributed by atoms with Crippen LogP contribution in [-0.4, -0.2) is 35.4 Å². The zero-order valence-corrected chi connectivity index (χ0v) is 14.6. The molecule has 148 valence electrons. The van der Waals surface area contributed by atoms with Gasteiger partial charge < -0.3 is 20.1 Å². The number of carbonyl (C=O) groups excluding carboxylic acids is 2. The first-order chi connectivity index (χ1) is 13.2. The van der Waals surface area contributed by atoms with Crippen molar-refractivity contribution < 1.29 is 32.6 Å². The number of ether oxygens (including phenoxy) is 1. The summed E-state index contributed by atoms with van der Waals surface area (Å²) in [6.07, 6.45) is -4.92. The monoisotopic (exact) mass is 394 g/mol. The Labute approximate surface area is 158 Å². The first-order valence-electron chi connectivity index (χ1n) is 8.41. The molecule has 0 spiro atoms. The lowest BCUT2D eigenvalue weighted by atomic mass is 10.0. The van der Waals surface area contributed by atoms with Gasteiger partial charge in [0.05, 0.1) is 0 Å². The molecule has 0 aromatic heterocycles. The van der Waals surface area contributed by atoms with E-state index < -0.39 is 29.5 Å². The van der Waals surface area contributed by atoms with Crippen molar-refractivity contribution in [3.05, 3.63) is 60.2 Å². The summed E-state index contributed by atoms with van der Waals surface area (Å²) in [6.45, 7) is -0.00348. The minimum absolute atomic E-state index is 0.0935. The van der Waals surface area contributed by atoms with Crippen LogP contribution in [0.5, 0.6) is 5.75 Å². The van der Waals surface area contributed by atoms with Crippen LogP contribution < -0.4 is 15.0 Å². The number of aliphatic hydroxyl groups is 1. The smallest absolute Gasteiger partial charge is 0.406 e. The third-order valence-corrected chi connectivity index (χ3v) is 4.32. The first kappa shape index (κ1) is 19.7. The van der Waals surface area contributed by atoms with Gasteiger partial charge in [0.25, 0.3) is 11.8 Å². The number of nitrogens with zero attached hydrogens (tertiary/aromatic N) is 1. The molecule has 1 aliphatic heterocycles. The van der Waals surface area contributed by atoms with Gasteiger partial charge in [0.1, 0.15) is 5.75 Å². The van der Waals surface area contributed by atoms with E-state index in [1.807, 2.05) is 0 Å². The molecule has 1 unspecified atom stereocenters. The number of hydrogen-bond acceptors (Lipinski definition) is 4. The molecule has 1 aliphatic rings. The molecule has 2 amide bonds. The van der Waals surface area contributed by atoms with Crippen LogP contribution >= 0.6 is 0 Å². The number of hydrogen-bond donors (Lipinski definition) is 2. The first-order valence-corrected chi connectivity index (χ1v) is 8.41. The molecule has 2 N–H and O–H groups in total. The molecule has 0 aliphatic carbocycles. The number of amides is 2. The molecule has 1 atom stereocenters. The summed E-state index contributed by atoms with van der Waals surface area (Å²) in [6, 6.07) is 13.7. The number of benzene rings is 2. The fourth-order valence-corrected chi connectivity index (χ4v) is 2.95. The molecule has 0 saturated carbocycles. The maximum Gasteiger partial charge on any atom is 0.573 e. The summed E-state index contributed by atoms with van der Waals surface area (Å²) in [5.74, 6) is -2.08. The second-order valence-electron chi connectivity index (χ2n) is 6.28. The van der Waals surface area contributed by atoms with Gasteiger partial charge in [-0.2, -0.15) is 0 Å². The number of halogens is 3. The number of carbonyl (C=O) groups is 2. The lowest BCUT2D eigenvalue weighted by Crippen LogP contribution is -2.52.